The van der Waals surface area contributed by atoms with Gasteiger partial charge in [0.25, 0.3) is 0 Å². The van der Waals surface area contributed by atoms with E-state index in [9.17, 15) is 0 Å². The van der Waals surface area contributed by atoms with E-state index in [2.05, 4.69) is 87.8 Å². The number of fused-ring (bicyclic) bond motifs is 12. The zero-order valence-electron chi connectivity index (χ0n) is 25.1. The zero-order valence-corrected chi connectivity index (χ0v) is 26.7. The van der Waals surface area contributed by atoms with Gasteiger partial charge >= 0.3 is 0 Å². The summed E-state index contributed by atoms with van der Waals surface area (Å²) in [7, 11) is 0. The molecule has 0 aliphatic carbocycles. The van der Waals surface area contributed by atoms with Crippen molar-refractivity contribution in [2.24, 2.45) is 0 Å². The maximum absolute atomic E-state index is 6.26. The minimum atomic E-state index is 0.512. The third-order valence-electron chi connectivity index (χ3n) is 9.08. The lowest BCUT2D eigenvalue weighted by atomic mass is 10.0. The van der Waals surface area contributed by atoms with Gasteiger partial charge in [0.2, 0.25) is 5.95 Å². The van der Waals surface area contributed by atoms with Crippen LogP contribution in [0.5, 0.6) is 0 Å². The summed E-state index contributed by atoms with van der Waals surface area (Å²) in [6, 6.07) is 44.8. The molecule has 0 saturated carbocycles. The molecule has 0 amide bonds. The van der Waals surface area contributed by atoms with E-state index in [1.165, 1.54) is 0 Å². The monoisotopic (exact) mass is 656 g/mol. The van der Waals surface area contributed by atoms with Crippen LogP contribution in [0.2, 0.25) is 10.0 Å². The number of hydrogen-bond donors (Lipinski definition) is 0. The Hall–Kier alpha value is -5.82. The summed E-state index contributed by atoms with van der Waals surface area (Å²) in [5.74, 6) is 1.60. The number of halogens is 2. The van der Waals surface area contributed by atoms with E-state index in [0.29, 0.717) is 27.6 Å². The molecule has 6 aromatic carbocycles. The zero-order chi connectivity index (χ0) is 31.9. The summed E-state index contributed by atoms with van der Waals surface area (Å²) >= 11 is 12.5. The second kappa shape index (κ2) is 10.3. The molecule has 10 rings (SSSR count). The molecular formula is C40H22Cl2N6. The van der Waals surface area contributed by atoms with E-state index in [1.807, 2.05) is 54.6 Å². The molecule has 0 fully saturated rings. The fourth-order valence-electron chi connectivity index (χ4n) is 6.97. The van der Waals surface area contributed by atoms with Crippen LogP contribution in [0.15, 0.2) is 133 Å². The Morgan fingerprint density at radius 3 is 1.71 bits per heavy atom. The van der Waals surface area contributed by atoms with Gasteiger partial charge < -0.3 is 0 Å². The topological polar surface area (TPSA) is 60.9 Å². The van der Waals surface area contributed by atoms with Crippen LogP contribution in [0, 0.1) is 0 Å². The van der Waals surface area contributed by atoms with Crippen LogP contribution in [0.3, 0.4) is 0 Å². The molecule has 8 heteroatoms. The minimum absolute atomic E-state index is 0.512. The van der Waals surface area contributed by atoms with Crippen molar-refractivity contribution in [3.8, 4) is 28.7 Å². The fourth-order valence-corrected chi connectivity index (χ4v) is 7.23. The van der Waals surface area contributed by atoms with Crippen LogP contribution in [0.25, 0.3) is 88.9 Å². The standard InChI is InChI=1S/C40H22Cl2N6/c41-25-17-13-23(14-18-25)37-44-38(24-15-19-26(42)20-16-24)46-40(45-37)47-32-11-5-3-9-30(32)35-34(47)22-21-28-27-7-1-2-8-29(27)39-43-31-10-4-6-12-33(31)48(39)36(28)35/h1-22H. The van der Waals surface area contributed by atoms with Crippen LogP contribution < -0.4 is 0 Å². The molecule has 48 heavy (non-hydrogen) atoms. The van der Waals surface area contributed by atoms with Crippen molar-refractivity contribution in [1.29, 1.82) is 0 Å². The Kier molecular flexibility index (Phi) is 5.88. The van der Waals surface area contributed by atoms with Crippen LogP contribution in [-0.4, -0.2) is 28.9 Å². The second-order valence-electron chi connectivity index (χ2n) is 11.8. The summed E-state index contributed by atoms with van der Waals surface area (Å²) < 4.78 is 4.46. The van der Waals surface area contributed by atoms with Crippen LogP contribution in [-0.2, 0) is 0 Å². The molecule has 10 aromatic rings. The summed E-state index contributed by atoms with van der Waals surface area (Å²) in [5.41, 5.74) is 7.67. The summed E-state index contributed by atoms with van der Waals surface area (Å²) in [6.45, 7) is 0. The number of pyridine rings is 1. The maximum Gasteiger partial charge on any atom is 0.238 e. The average Bonchev–Trinajstić information content (AvgIpc) is 3.69. The van der Waals surface area contributed by atoms with Gasteiger partial charge in [0, 0.05) is 42.7 Å². The quantitative estimate of drug-likeness (QED) is 0.177. The highest BCUT2D eigenvalue weighted by atomic mass is 35.5. The van der Waals surface area contributed by atoms with Gasteiger partial charge in [-0.25, -0.2) is 9.97 Å². The molecule has 0 radical (unpaired) electrons. The lowest BCUT2D eigenvalue weighted by Gasteiger charge is -2.12. The lowest BCUT2D eigenvalue weighted by molar-refractivity contribution is 0.953. The minimum Gasteiger partial charge on any atom is -0.291 e. The predicted molar refractivity (Wildman–Crippen MR) is 196 cm³/mol. The first-order chi connectivity index (χ1) is 23.6. The first kappa shape index (κ1) is 27.3. The van der Waals surface area contributed by atoms with Gasteiger partial charge in [0.05, 0.1) is 27.6 Å². The molecular weight excluding hydrogens is 635 g/mol. The molecule has 0 bridgehead atoms. The van der Waals surface area contributed by atoms with Crippen molar-refractivity contribution in [1.82, 2.24) is 28.9 Å². The lowest BCUT2D eigenvalue weighted by Crippen LogP contribution is -2.06. The van der Waals surface area contributed by atoms with Gasteiger partial charge in [-0.2, -0.15) is 9.97 Å². The number of hydrogen-bond acceptors (Lipinski definition) is 4. The molecule has 0 aliphatic rings. The molecule has 0 spiro atoms. The molecule has 0 saturated heterocycles. The number of aromatic nitrogens is 6. The Balaban J connectivity index is 1.37. The van der Waals surface area contributed by atoms with Crippen molar-refractivity contribution in [3.05, 3.63) is 144 Å². The fraction of sp³-hybridized carbons (Fsp3) is 0. The molecule has 0 N–H and O–H groups in total. The first-order valence-electron chi connectivity index (χ1n) is 15.5. The van der Waals surface area contributed by atoms with Crippen LogP contribution >= 0.6 is 23.2 Å². The number of para-hydroxylation sites is 3. The van der Waals surface area contributed by atoms with Crippen LogP contribution in [0.4, 0.5) is 0 Å². The van der Waals surface area contributed by atoms with Crippen molar-refractivity contribution in [2.45, 2.75) is 0 Å². The molecule has 226 valence electrons. The van der Waals surface area contributed by atoms with Gasteiger partial charge in [0.1, 0.15) is 5.65 Å². The normalized spacial score (nSPS) is 12.0. The third-order valence-corrected chi connectivity index (χ3v) is 9.59. The highest BCUT2D eigenvalue weighted by molar-refractivity contribution is 6.31. The van der Waals surface area contributed by atoms with Crippen molar-refractivity contribution in [2.75, 3.05) is 0 Å². The smallest absolute Gasteiger partial charge is 0.238 e. The number of benzene rings is 6. The van der Waals surface area contributed by atoms with Gasteiger partial charge in [0.15, 0.2) is 11.6 Å². The molecule has 6 nitrogen and oxygen atoms in total. The maximum atomic E-state index is 6.26. The average molecular weight is 658 g/mol. The molecule has 0 aliphatic heterocycles. The van der Waals surface area contributed by atoms with Crippen LogP contribution in [0.1, 0.15) is 0 Å². The highest BCUT2D eigenvalue weighted by Gasteiger charge is 2.22. The number of nitrogens with zero attached hydrogens (tertiary/aromatic N) is 6. The molecule has 4 aromatic heterocycles. The first-order valence-corrected chi connectivity index (χ1v) is 16.3. The number of imidazole rings is 1. The largest absolute Gasteiger partial charge is 0.291 e. The van der Waals surface area contributed by atoms with Gasteiger partial charge in [-0.1, -0.05) is 83.9 Å². The van der Waals surface area contributed by atoms with Crippen molar-refractivity contribution >= 4 is 83.4 Å². The van der Waals surface area contributed by atoms with E-state index < -0.39 is 0 Å². The summed E-state index contributed by atoms with van der Waals surface area (Å²) in [4.78, 5) is 20.3. The molecule has 0 atom stereocenters. The SMILES string of the molecule is Clc1ccc(-c2nc(-c3ccc(Cl)cc3)nc(-n3c4ccccc4c4c3ccc3c5ccccc5c5nc6ccccc6n5c34)n2)cc1. The van der Waals surface area contributed by atoms with Crippen molar-refractivity contribution in [3.63, 3.8) is 0 Å². The Morgan fingerprint density at radius 2 is 1.02 bits per heavy atom. The second-order valence-corrected chi connectivity index (χ2v) is 12.7. The third kappa shape index (κ3) is 4.00. The number of rotatable bonds is 3. The summed E-state index contributed by atoms with van der Waals surface area (Å²) in [5, 5.41) is 6.90. The highest BCUT2D eigenvalue weighted by Crippen LogP contribution is 2.41. The van der Waals surface area contributed by atoms with E-state index in [1.54, 1.807) is 0 Å². The predicted octanol–water partition coefficient (Wildman–Crippen LogP) is 10.7. The van der Waals surface area contributed by atoms with E-state index >= 15 is 0 Å². The van der Waals surface area contributed by atoms with E-state index in [-0.39, 0.29) is 0 Å². The van der Waals surface area contributed by atoms with Crippen molar-refractivity contribution < 1.29 is 0 Å². The Morgan fingerprint density at radius 1 is 0.438 bits per heavy atom. The molecule has 0 unspecified atom stereocenters. The van der Waals surface area contributed by atoms with Gasteiger partial charge in [-0.15, -0.1) is 0 Å². The van der Waals surface area contributed by atoms with E-state index in [0.717, 1.165) is 71.3 Å². The van der Waals surface area contributed by atoms with E-state index in [4.69, 9.17) is 43.1 Å². The van der Waals surface area contributed by atoms with Gasteiger partial charge in [-0.05, 0) is 78.2 Å². The Labute approximate surface area is 283 Å². The molecule has 4 heterocycles. The Bertz CT molecular complexity index is 2840. The van der Waals surface area contributed by atoms with Gasteiger partial charge in [-0.3, -0.25) is 8.97 Å². The summed E-state index contributed by atoms with van der Waals surface area (Å²) in [6.07, 6.45) is 0.